The third kappa shape index (κ3) is 3.22. The molecule has 0 fully saturated rings. The number of hydrogen-bond donors (Lipinski definition) is 1. The van der Waals surface area contributed by atoms with Crippen molar-refractivity contribution in [2.24, 2.45) is 0 Å². The summed E-state index contributed by atoms with van der Waals surface area (Å²) in [5.74, 6) is -0.0515. The van der Waals surface area contributed by atoms with E-state index in [9.17, 15) is 9.59 Å². The average Bonchev–Trinajstić information content (AvgIpc) is 2.94. The molecule has 0 saturated heterocycles. The van der Waals surface area contributed by atoms with E-state index in [4.69, 9.17) is 4.74 Å². The molecule has 0 aliphatic rings. The molecule has 3 aromatic rings. The average molecular weight is 356 g/mol. The van der Waals surface area contributed by atoms with Gasteiger partial charge < -0.3 is 10.1 Å². The van der Waals surface area contributed by atoms with Crippen molar-refractivity contribution < 1.29 is 9.53 Å². The third-order valence-electron chi connectivity index (χ3n) is 4.50. The lowest BCUT2D eigenvalue weighted by molar-refractivity contribution is -0.124. The maximum Gasteiger partial charge on any atom is 0.273 e. The maximum atomic E-state index is 12.8. The van der Waals surface area contributed by atoms with Crippen molar-refractivity contribution >= 4 is 22.5 Å². The predicted octanol–water partition coefficient (Wildman–Crippen LogP) is 2.06. The molecule has 2 heterocycles. The molecule has 0 spiro atoms. The number of aromatic nitrogens is 3. The zero-order valence-corrected chi connectivity index (χ0v) is 15.4. The van der Waals surface area contributed by atoms with Crippen molar-refractivity contribution in [1.29, 1.82) is 0 Å². The van der Waals surface area contributed by atoms with Gasteiger partial charge in [0.15, 0.2) is 5.65 Å². The Hall–Kier alpha value is -2.67. The first-order chi connectivity index (χ1) is 12.6. The summed E-state index contributed by atoms with van der Waals surface area (Å²) in [6.07, 6.45) is 1.38. The molecule has 1 aromatic carbocycles. The van der Waals surface area contributed by atoms with Crippen molar-refractivity contribution in [2.45, 2.75) is 32.7 Å². The number of rotatable bonds is 7. The van der Waals surface area contributed by atoms with Gasteiger partial charge in [0.25, 0.3) is 5.56 Å². The van der Waals surface area contributed by atoms with E-state index in [0.717, 1.165) is 23.0 Å². The van der Waals surface area contributed by atoms with Crippen LogP contribution in [0, 0.1) is 6.92 Å². The molecule has 0 saturated carbocycles. The fourth-order valence-corrected chi connectivity index (χ4v) is 3.33. The first-order valence-corrected chi connectivity index (χ1v) is 8.84. The minimum Gasteiger partial charge on any atom is -0.385 e. The fraction of sp³-hybridized carbons (Fsp3) is 0.421. The smallest absolute Gasteiger partial charge is 0.273 e. The molecular formula is C19H24N4O3. The highest BCUT2D eigenvalue weighted by molar-refractivity contribution is 5.94. The quantitative estimate of drug-likeness (QED) is 0.658. The molecule has 138 valence electrons. The van der Waals surface area contributed by atoms with E-state index >= 15 is 0 Å². The number of methoxy groups -OCH3 is 1. The van der Waals surface area contributed by atoms with E-state index in [2.05, 4.69) is 10.3 Å². The number of fused-ring (bicyclic) bond motifs is 3. The SMILES string of the molecule is CCC(C(=O)NCCCOC)n1c2ccccc2c2nc(=O)cc(C)n21. The number of para-hydroxylation sites is 1. The van der Waals surface area contributed by atoms with Crippen molar-refractivity contribution in [3.05, 3.63) is 46.4 Å². The summed E-state index contributed by atoms with van der Waals surface area (Å²) in [6, 6.07) is 8.81. The molecule has 7 nitrogen and oxygen atoms in total. The Labute approximate surface area is 151 Å². The Balaban J connectivity index is 2.12. The molecule has 0 aliphatic heterocycles. The Morgan fingerprint density at radius 2 is 2.12 bits per heavy atom. The highest BCUT2D eigenvalue weighted by Gasteiger charge is 2.24. The molecule has 0 radical (unpaired) electrons. The number of benzene rings is 1. The molecule has 3 rings (SSSR count). The van der Waals surface area contributed by atoms with Crippen LogP contribution in [0.15, 0.2) is 35.1 Å². The van der Waals surface area contributed by atoms with Crippen LogP contribution in [-0.2, 0) is 9.53 Å². The van der Waals surface area contributed by atoms with Gasteiger partial charge in [-0.3, -0.25) is 14.3 Å². The molecule has 2 aromatic heterocycles. The minimum atomic E-state index is -0.400. The van der Waals surface area contributed by atoms with Crippen LogP contribution < -0.4 is 10.9 Å². The van der Waals surface area contributed by atoms with Crippen LogP contribution in [0.2, 0.25) is 0 Å². The molecule has 26 heavy (non-hydrogen) atoms. The number of nitrogens with one attached hydrogen (secondary N) is 1. The van der Waals surface area contributed by atoms with Crippen molar-refractivity contribution in [3.8, 4) is 0 Å². The van der Waals surface area contributed by atoms with Gasteiger partial charge in [-0.1, -0.05) is 19.1 Å². The lowest BCUT2D eigenvalue weighted by Crippen LogP contribution is -2.35. The largest absolute Gasteiger partial charge is 0.385 e. The molecule has 1 N–H and O–H groups in total. The number of aryl methyl sites for hydroxylation is 1. The normalized spacial score (nSPS) is 12.6. The molecule has 0 bridgehead atoms. The number of carbonyl (C=O) groups is 1. The summed E-state index contributed by atoms with van der Waals surface area (Å²) in [4.78, 5) is 28.9. The van der Waals surface area contributed by atoms with E-state index in [1.54, 1.807) is 7.11 Å². The number of nitrogens with zero attached hydrogens (tertiary/aromatic N) is 3. The van der Waals surface area contributed by atoms with E-state index in [1.165, 1.54) is 6.07 Å². The molecule has 1 amide bonds. The van der Waals surface area contributed by atoms with Gasteiger partial charge in [-0.2, -0.15) is 4.98 Å². The second-order valence-electron chi connectivity index (χ2n) is 6.29. The van der Waals surface area contributed by atoms with Gasteiger partial charge in [0.05, 0.1) is 5.52 Å². The summed E-state index contributed by atoms with van der Waals surface area (Å²) < 4.78 is 8.84. The number of ether oxygens (including phenoxy) is 1. The van der Waals surface area contributed by atoms with Crippen LogP contribution >= 0.6 is 0 Å². The maximum absolute atomic E-state index is 12.8. The van der Waals surface area contributed by atoms with Gasteiger partial charge in [0, 0.05) is 37.4 Å². The van der Waals surface area contributed by atoms with Crippen molar-refractivity contribution in [1.82, 2.24) is 19.5 Å². The standard InChI is InChI=1S/C19H24N4O3/c1-4-15(19(25)20-10-7-11-26-3)23-16-9-6-5-8-14(16)18-21-17(24)12-13(2)22(18)23/h5-6,8-9,12,15H,4,7,10-11H2,1-3H3,(H,20,25). The van der Waals surface area contributed by atoms with Crippen molar-refractivity contribution in [2.75, 3.05) is 20.3 Å². The number of carbonyl (C=O) groups excluding carboxylic acids is 1. The summed E-state index contributed by atoms with van der Waals surface area (Å²) >= 11 is 0. The van der Waals surface area contributed by atoms with Gasteiger partial charge >= 0.3 is 0 Å². The van der Waals surface area contributed by atoms with Crippen LogP contribution in [0.25, 0.3) is 16.6 Å². The van der Waals surface area contributed by atoms with E-state index in [0.29, 0.717) is 25.2 Å². The van der Waals surface area contributed by atoms with Crippen LogP contribution in [0.4, 0.5) is 0 Å². The molecule has 7 heteroatoms. The predicted molar refractivity (Wildman–Crippen MR) is 101 cm³/mol. The minimum absolute atomic E-state index is 0.0515. The molecule has 1 atom stereocenters. The van der Waals surface area contributed by atoms with Crippen LogP contribution in [0.5, 0.6) is 0 Å². The van der Waals surface area contributed by atoms with Gasteiger partial charge in [-0.15, -0.1) is 0 Å². The zero-order chi connectivity index (χ0) is 18.7. The topological polar surface area (TPSA) is 77.6 Å². The monoisotopic (exact) mass is 356 g/mol. The zero-order valence-electron chi connectivity index (χ0n) is 15.4. The molecule has 1 unspecified atom stereocenters. The summed E-state index contributed by atoms with van der Waals surface area (Å²) in [5, 5.41) is 3.84. The highest BCUT2D eigenvalue weighted by atomic mass is 16.5. The molecule has 0 aliphatic carbocycles. The van der Waals surface area contributed by atoms with Crippen LogP contribution in [0.1, 0.15) is 31.5 Å². The highest BCUT2D eigenvalue weighted by Crippen LogP contribution is 2.26. The van der Waals surface area contributed by atoms with Gasteiger partial charge in [-0.25, -0.2) is 4.52 Å². The van der Waals surface area contributed by atoms with Gasteiger partial charge in [-0.05, 0) is 31.9 Å². The third-order valence-corrected chi connectivity index (χ3v) is 4.50. The summed E-state index contributed by atoms with van der Waals surface area (Å²) in [6.45, 7) is 5.00. The van der Waals surface area contributed by atoms with Crippen LogP contribution in [-0.4, -0.2) is 40.3 Å². The van der Waals surface area contributed by atoms with Gasteiger partial charge in [0.1, 0.15) is 6.04 Å². The fourth-order valence-electron chi connectivity index (χ4n) is 3.33. The Morgan fingerprint density at radius 3 is 2.85 bits per heavy atom. The Bertz CT molecular complexity index is 990. The number of hydrogen-bond acceptors (Lipinski definition) is 4. The summed E-state index contributed by atoms with van der Waals surface area (Å²) in [5.41, 5.74) is 1.94. The Kier molecular flexibility index (Phi) is 5.37. The number of amides is 1. The Morgan fingerprint density at radius 1 is 1.35 bits per heavy atom. The molecular weight excluding hydrogens is 332 g/mol. The first-order valence-electron chi connectivity index (χ1n) is 8.84. The van der Waals surface area contributed by atoms with Gasteiger partial charge in [0.2, 0.25) is 5.91 Å². The summed E-state index contributed by atoms with van der Waals surface area (Å²) in [7, 11) is 1.64. The first kappa shape index (κ1) is 18.1. The lowest BCUT2D eigenvalue weighted by Gasteiger charge is -2.20. The second kappa shape index (κ2) is 7.70. The van der Waals surface area contributed by atoms with E-state index < -0.39 is 6.04 Å². The van der Waals surface area contributed by atoms with E-state index in [1.807, 2.05) is 47.3 Å². The van der Waals surface area contributed by atoms with Crippen molar-refractivity contribution in [3.63, 3.8) is 0 Å². The van der Waals surface area contributed by atoms with Crippen LogP contribution in [0.3, 0.4) is 0 Å². The second-order valence-corrected chi connectivity index (χ2v) is 6.29. The van der Waals surface area contributed by atoms with E-state index in [-0.39, 0.29) is 11.5 Å². The lowest BCUT2D eigenvalue weighted by atomic mass is 10.2.